The highest BCUT2D eigenvalue weighted by Crippen LogP contribution is 2.02. The molecule has 0 aliphatic carbocycles. The summed E-state index contributed by atoms with van der Waals surface area (Å²) in [4.78, 5) is 17.3. The van der Waals surface area contributed by atoms with Gasteiger partial charge in [-0.15, -0.1) is 0 Å². The fourth-order valence-corrected chi connectivity index (χ4v) is 1.36. The van der Waals surface area contributed by atoms with Gasteiger partial charge in [-0.25, -0.2) is 0 Å². The molecule has 0 radical (unpaired) electrons. The molecule has 1 unspecified atom stereocenters. The minimum atomic E-state index is -0.160. The molecule has 0 spiro atoms. The average Bonchev–Trinajstić information content (AvgIpc) is 2.55. The van der Waals surface area contributed by atoms with Crippen LogP contribution >= 0.6 is 0 Å². The number of amides is 1. The molecule has 0 bridgehead atoms. The molecule has 1 aliphatic heterocycles. The van der Waals surface area contributed by atoms with Gasteiger partial charge in [0.05, 0.1) is 5.84 Å². The second-order valence-electron chi connectivity index (χ2n) is 3.53. The number of likely N-dealkylation sites (N-methyl/N-ethyl adjacent to an activating group) is 1. The molecule has 1 heterocycles. The van der Waals surface area contributed by atoms with Crippen molar-refractivity contribution in [3.8, 4) is 0 Å². The summed E-state index contributed by atoms with van der Waals surface area (Å²) in [6.45, 7) is 2.76. The lowest BCUT2D eigenvalue weighted by atomic mass is 10.2. The number of rotatable bonds is 2. The van der Waals surface area contributed by atoms with Crippen LogP contribution in [-0.4, -0.2) is 43.3 Å². The van der Waals surface area contributed by atoms with Gasteiger partial charge in [0.15, 0.2) is 0 Å². The second-order valence-corrected chi connectivity index (χ2v) is 3.53. The zero-order chi connectivity index (χ0) is 9.84. The Morgan fingerprint density at radius 1 is 1.62 bits per heavy atom. The zero-order valence-electron chi connectivity index (χ0n) is 8.50. The van der Waals surface area contributed by atoms with E-state index >= 15 is 0 Å². The van der Waals surface area contributed by atoms with Gasteiger partial charge in [0, 0.05) is 27.1 Å². The Balaban J connectivity index is 2.40. The Morgan fingerprint density at radius 2 is 2.31 bits per heavy atom. The van der Waals surface area contributed by atoms with Gasteiger partial charge in [0.25, 0.3) is 0 Å². The largest absolute Gasteiger partial charge is 0.362 e. The van der Waals surface area contributed by atoms with Crippen LogP contribution in [0.4, 0.5) is 0 Å². The number of nitrogens with one attached hydrogen (secondary N) is 1. The first kappa shape index (κ1) is 10.0. The van der Waals surface area contributed by atoms with Gasteiger partial charge in [0.1, 0.15) is 6.04 Å². The second kappa shape index (κ2) is 4.25. The zero-order valence-corrected chi connectivity index (χ0v) is 8.50. The number of amidine groups is 1. The summed E-state index contributed by atoms with van der Waals surface area (Å²) >= 11 is 0. The Labute approximate surface area is 79.0 Å². The summed E-state index contributed by atoms with van der Waals surface area (Å²) in [7, 11) is 3.52. The normalized spacial score (nSPS) is 17.9. The van der Waals surface area contributed by atoms with Crippen molar-refractivity contribution < 1.29 is 4.79 Å². The molecule has 1 rings (SSSR count). The van der Waals surface area contributed by atoms with Crippen LogP contribution in [0.25, 0.3) is 0 Å². The van der Waals surface area contributed by atoms with Gasteiger partial charge >= 0.3 is 0 Å². The number of carbonyl (C=O) groups excluding carboxylic acids is 1. The molecule has 0 saturated heterocycles. The first-order valence-corrected chi connectivity index (χ1v) is 4.62. The van der Waals surface area contributed by atoms with Crippen molar-refractivity contribution in [2.24, 2.45) is 4.99 Å². The Bertz CT molecular complexity index is 223. The highest BCUT2D eigenvalue weighted by atomic mass is 16.2. The van der Waals surface area contributed by atoms with Crippen molar-refractivity contribution in [3.63, 3.8) is 0 Å². The highest BCUT2D eigenvalue weighted by molar-refractivity contribution is 5.90. The average molecular weight is 183 g/mol. The van der Waals surface area contributed by atoms with E-state index in [4.69, 9.17) is 0 Å². The molecule has 13 heavy (non-hydrogen) atoms. The first-order chi connectivity index (χ1) is 6.11. The third kappa shape index (κ3) is 2.72. The minimum Gasteiger partial charge on any atom is -0.362 e. The number of aliphatic imine (C=N–C) groups is 1. The van der Waals surface area contributed by atoms with Crippen LogP contribution in [0, 0.1) is 0 Å². The van der Waals surface area contributed by atoms with E-state index in [9.17, 15) is 4.79 Å². The van der Waals surface area contributed by atoms with Crippen LogP contribution in [0.15, 0.2) is 4.99 Å². The summed E-state index contributed by atoms with van der Waals surface area (Å²) in [5, 5.41) is 3.12. The predicted molar refractivity (Wildman–Crippen MR) is 52.8 cm³/mol. The molecular weight excluding hydrogens is 166 g/mol. The molecular formula is C9H17N3O. The molecule has 0 aromatic rings. The van der Waals surface area contributed by atoms with Gasteiger partial charge < -0.3 is 10.2 Å². The fourth-order valence-electron chi connectivity index (χ4n) is 1.36. The van der Waals surface area contributed by atoms with Crippen LogP contribution in [0.2, 0.25) is 0 Å². The molecule has 4 heteroatoms. The number of hydrogen-bond donors (Lipinski definition) is 1. The van der Waals surface area contributed by atoms with E-state index in [1.54, 1.807) is 19.0 Å². The van der Waals surface area contributed by atoms with Crippen LogP contribution in [0.3, 0.4) is 0 Å². The van der Waals surface area contributed by atoms with E-state index in [0.717, 1.165) is 25.2 Å². The highest BCUT2D eigenvalue weighted by Gasteiger charge is 2.16. The molecule has 0 fully saturated rings. The summed E-state index contributed by atoms with van der Waals surface area (Å²) in [5.74, 6) is 1.07. The lowest BCUT2D eigenvalue weighted by Gasteiger charge is -2.18. The maximum Gasteiger partial charge on any atom is 0.244 e. The lowest BCUT2D eigenvalue weighted by molar-refractivity contribution is -0.130. The van der Waals surface area contributed by atoms with E-state index in [0.29, 0.717) is 0 Å². The van der Waals surface area contributed by atoms with E-state index in [1.807, 2.05) is 6.92 Å². The Kier molecular flexibility index (Phi) is 3.28. The molecule has 74 valence electrons. The molecule has 0 aromatic carbocycles. The predicted octanol–water partition coefficient (Wildman–Crippen LogP) is 0.245. The molecule has 0 aromatic heterocycles. The topological polar surface area (TPSA) is 44.7 Å². The van der Waals surface area contributed by atoms with Crippen LogP contribution in [0.5, 0.6) is 0 Å². The maximum atomic E-state index is 11.4. The number of carbonyl (C=O) groups is 1. The van der Waals surface area contributed by atoms with E-state index in [2.05, 4.69) is 10.3 Å². The van der Waals surface area contributed by atoms with Crippen molar-refractivity contribution in [1.29, 1.82) is 0 Å². The maximum absolute atomic E-state index is 11.4. The third-order valence-electron chi connectivity index (χ3n) is 2.07. The summed E-state index contributed by atoms with van der Waals surface area (Å²) in [5.41, 5.74) is 0. The molecule has 1 atom stereocenters. The van der Waals surface area contributed by atoms with Crippen molar-refractivity contribution in [1.82, 2.24) is 10.2 Å². The van der Waals surface area contributed by atoms with Crippen molar-refractivity contribution >= 4 is 11.7 Å². The number of hydrogen-bond acceptors (Lipinski definition) is 3. The van der Waals surface area contributed by atoms with Gasteiger partial charge in [0.2, 0.25) is 5.91 Å². The van der Waals surface area contributed by atoms with Crippen molar-refractivity contribution in [2.75, 3.05) is 20.6 Å². The molecule has 4 nitrogen and oxygen atoms in total. The van der Waals surface area contributed by atoms with Crippen molar-refractivity contribution in [2.45, 2.75) is 25.8 Å². The quantitative estimate of drug-likeness (QED) is 0.666. The van der Waals surface area contributed by atoms with Gasteiger partial charge in [-0.2, -0.15) is 0 Å². The molecule has 1 aliphatic rings. The van der Waals surface area contributed by atoms with Crippen LogP contribution in [0.1, 0.15) is 19.8 Å². The van der Waals surface area contributed by atoms with E-state index in [-0.39, 0.29) is 11.9 Å². The van der Waals surface area contributed by atoms with Crippen molar-refractivity contribution in [3.05, 3.63) is 0 Å². The molecule has 1 amide bonds. The molecule has 0 saturated carbocycles. The fraction of sp³-hybridized carbons (Fsp3) is 0.778. The number of nitrogens with zero attached hydrogens (tertiary/aromatic N) is 2. The van der Waals surface area contributed by atoms with Gasteiger partial charge in [-0.05, 0) is 13.3 Å². The standard InChI is InChI=1S/C9H17N3O/c1-7(9(13)12(2)3)11-8-5-4-6-10-8/h7H,4-6H2,1-3H3,(H,10,11). The van der Waals surface area contributed by atoms with E-state index in [1.165, 1.54) is 0 Å². The van der Waals surface area contributed by atoms with Crippen LogP contribution in [-0.2, 0) is 4.79 Å². The van der Waals surface area contributed by atoms with Crippen LogP contribution < -0.4 is 5.32 Å². The summed E-state index contributed by atoms with van der Waals surface area (Å²) < 4.78 is 0. The summed E-state index contributed by atoms with van der Waals surface area (Å²) in [6, 6.07) is -0.160. The lowest BCUT2D eigenvalue weighted by Crippen LogP contribution is -2.43. The molecule has 1 N–H and O–H groups in total. The Hall–Kier alpha value is -1.06. The smallest absolute Gasteiger partial charge is 0.244 e. The third-order valence-corrected chi connectivity index (χ3v) is 2.07. The van der Waals surface area contributed by atoms with Gasteiger partial charge in [-0.1, -0.05) is 0 Å². The first-order valence-electron chi connectivity index (χ1n) is 4.62. The Morgan fingerprint density at radius 3 is 2.77 bits per heavy atom. The van der Waals surface area contributed by atoms with E-state index < -0.39 is 0 Å². The minimum absolute atomic E-state index is 0.0922. The summed E-state index contributed by atoms with van der Waals surface area (Å²) in [6.07, 6.45) is 2.08. The SMILES string of the molecule is CC(NC1=NCCC1)C(=O)N(C)C. The monoisotopic (exact) mass is 183 g/mol. The van der Waals surface area contributed by atoms with Gasteiger partial charge in [-0.3, -0.25) is 9.79 Å².